The SMILES string of the molecule is CC(=O)Nc1ccc2nc(NC(=O)c3ccc(S(=O)(=O)N(C)C4CCCCC4)cc3)sc2c1. The molecule has 10 heteroatoms. The van der Waals surface area contributed by atoms with Crippen molar-refractivity contribution in [3.05, 3.63) is 48.0 Å². The van der Waals surface area contributed by atoms with E-state index >= 15 is 0 Å². The topological polar surface area (TPSA) is 108 Å². The van der Waals surface area contributed by atoms with Gasteiger partial charge in [0.25, 0.3) is 5.91 Å². The predicted octanol–water partition coefficient (Wildman–Crippen LogP) is 4.46. The number of carbonyl (C=O) groups is 2. The summed E-state index contributed by atoms with van der Waals surface area (Å²) in [5.74, 6) is -0.538. The number of aromatic nitrogens is 1. The molecule has 1 heterocycles. The molecule has 0 unspecified atom stereocenters. The fourth-order valence-electron chi connectivity index (χ4n) is 4.01. The molecule has 1 aliphatic carbocycles. The lowest BCUT2D eigenvalue weighted by Crippen LogP contribution is -2.38. The van der Waals surface area contributed by atoms with Crippen molar-refractivity contribution in [3.8, 4) is 0 Å². The van der Waals surface area contributed by atoms with Crippen LogP contribution in [0.15, 0.2) is 47.4 Å². The summed E-state index contributed by atoms with van der Waals surface area (Å²) >= 11 is 1.29. The third-order valence-corrected chi connectivity index (χ3v) is 8.67. The van der Waals surface area contributed by atoms with Crippen molar-refractivity contribution < 1.29 is 18.0 Å². The highest BCUT2D eigenvalue weighted by Gasteiger charge is 2.29. The van der Waals surface area contributed by atoms with Gasteiger partial charge in [0.15, 0.2) is 5.13 Å². The van der Waals surface area contributed by atoms with Crippen LogP contribution in [0.4, 0.5) is 10.8 Å². The second-order valence-corrected chi connectivity index (χ2v) is 11.2. The minimum Gasteiger partial charge on any atom is -0.326 e. The van der Waals surface area contributed by atoms with E-state index in [4.69, 9.17) is 0 Å². The van der Waals surface area contributed by atoms with Gasteiger partial charge in [0.1, 0.15) is 0 Å². The first kappa shape index (κ1) is 23.3. The molecule has 2 aromatic carbocycles. The molecule has 0 radical (unpaired) electrons. The van der Waals surface area contributed by atoms with Gasteiger partial charge in [-0.2, -0.15) is 4.31 Å². The first-order valence-corrected chi connectivity index (χ1v) is 13.1. The molecule has 0 aliphatic heterocycles. The number of hydrogen-bond donors (Lipinski definition) is 2. The second kappa shape index (κ2) is 9.58. The average Bonchev–Trinajstić information content (AvgIpc) is 3.20. The van der Waals surface area contributed by atoms with Crippen molar-refractivity contribution >= 4 is 54.2 Å². The number of nitrogens with one attached hydrogen (secondary N) is 2. The molecular formula is C23H26N4O4S2. The smallest absolute Gasteiger partial charge is 0.257 e. The van der Waals surface area contributed by atoms with E-state index in [1.54, 1.807) is 25.2 Å². The van der Waals surface area contributed by atoms with Gasteiger partial charge in [-0.25, -0.2) is 13.4 Å². The molecule has 0 spiro atoms. The number of hydrogen-bond acceptors (Lipinski definition) is 6. The minimum atomic E-state index is -3.61. The first-order chi connectivity index (χ1) is 15.7. The summed E-state index contributed by atoms with van der Waals surface area (Å²) in [6.07, 6.45) is 5.00. The van der Waals surface area contributed by atoms with Crippen molar-refractivity contribution in [3.63, 3.8) is 0 Å². The van der Waals surface area contributed by atoms with Crippen LogP contribution in [0.5, 0.6) is 0 Å². The standard InChI is InChI=1S/C23H26N4O4S2/c1-15(28)24-17-10-13-20-21(14-17)32-23(25-20)26-22(29)16-8-11-19(12-9-16)33(30,31)27(2)18-6-4-3-5-7-18/h8-14,18H,3-7H2,1-2H3,(H,24,28)(H,25,26,29). The van der Waals surface area contributed by atoms with Crippen molar-refractivity contribution in [1.29, 1.82) is 0 Å². The highest BCUT2D eigenvalue weighted by molar-refractivity contribution is 7.89. The summed E-state index contributed by atoms with van der Waals surface area (Å²) in [6.45, 7) is 1.44. The highest BCUT2D eigenvalue weighted by atomic mass is 32.2. The van der Waals surface area contributed by atoms with Gasteiger partial charge in [0.05, 0.1) is 15.1 Å². The fraction of sp³-hybridized carbons (Fsp3) is 0.348. The van der Waals surface area contributed by atoms with Crippen molar-refractivity contribution in [2.45, 2.75) is 50.0 Å². The highest BCUT2D eigenvalue weighted by Crippen LogP contribution is 2.29. The minimum absolute atomic E-state index is 0.0249. The Morgan fingerprint density at radius 1 is 1.03 bits per heavy atom. The Bertz CT molecular complexity index is 1280. The molecular weight excluding hydrogens is 460 g/mol. The van der Waals surface area contributed by atoms with Gasteiger partial charge in [0, 0.05) is 31.3 Å². The van der Waals surface area contributed by atoms with E-state index in [2.05, 4.69) is 15.6 Å². The molecule has 3 aromatic rings. The quantitative estimate of drug-likeness (QED) is 0.535. The van der Waals surface area contributed by atoms with Crippen LogP contribution in [-0.2, 0) is 14.8 Å². The van der Waals surface area contributed by atoms with Crippen LogP contribution >= 0.6 is 11.3 Å². The number of rotatable bonds is 6. The molecule has 1 aliphatic rings. The van der Waals surface area contributed by atoms with Crippen molar-refractivity contribution in [2.75, 3.05) is 17.7 Å². The molecule has 33 heavy (non-hydrogen) atoms. The molecule has 1 aromatic heterocycles. The summed E-state index contributed by atoms with van der Waals surface area (Å²) in [7, 11) is -1.97. The zero-order chi connectivity index (χ0) is 23.6. The normalized spacial score (nSPS) is 15.0. The van der Waals surface area contributed by atoms with E-state index in [-0.39, 0.29) is 22.8 Å². The lowest BCUT2D eigenvalue weighted by atomic mass is 9.96. The Hall–Kier alpha value is -2.82. The van der Waals surface area contributed by atoms with Crippen LogP contribution in [-0.4, -0.2) is 42.6 Å². The maximum absolute atomic E-state index is 13.0. The van der Waals surface area contributed by atoms with E-state index in [9.17, 15) is 18.0 Å². The lowest BCUT2D eigenvalue weighted by molar-refractivity contribution is -0.114. The number of fused-ring (bicyclic) bond motifs is 1. The number of anilines is 2. The number of sulfonamides is 1. The van der Waals surface area contributed by atoms with Gasteiger partial charge < -0.3 is 5.32 Å². The van der Waals surface area contributed by atoms with E-state index in [1.165, 1.54) is 46.8 Å². The Labute approximate surface area is 197 Å². The Balaban J connectivity index is 1.46. The predicted molar refractivity (Wildman–Crippen MR) is 130 cm³/mol. The lowest BCUT2D eigenvalue weighted by Gasteiger charge is -2.30. The van der Waals surface area contributed by atoms with Crippen LogP contribution in [0.2, 0.25) is 0 Å². The van der Waals surface area contributed by atoms with Crippen molar-refractivity contribution in [1.82, 2.24) is 9.29 Å². The van der Waals surface area contributed by atoms with Gasteiger partial charge in [-0.3, -0.25) is 14.9 Å². The first-order valence-electron chi connectivity index (χ1n) is 10.8. The van der Waals surface area contributed by atoms with Crippen LogP contribution in [0, 0.1) is 0 Å². The largest absolute Gasteiger partial charge is 0.326 e. The number of benzene rings is 2. The molecule has 4 rings (SSSR count). The van der Waals surface area contributed by atoms with E-state index < -0.39 is 10.0 Å². The van der Waals surface area contributed by atoms with Gasteiger partial charge in [-0.1, -0.05) is 30.6 Å². The van der Waals surface area contributed by atoms with E-state index in [0.717, 1.165) is 36.8 Å². The fourth-order valence-corrected chi connectivity index (χ4v) is 6.33. The summed E-state index contributed by atoms with van der Waals surface area (Å²) in [6, 6.07) is 11.3. The third-order valence-electron chi connectivity index (χ3n) is 5.81. The molecule has 1 saturated carbocycles. The van der Waals surface area contributed by atoms with Gasteiger partial charge in [-0.15, -0.1) is 0 Å². The number of amides is 2. The molecule has 0 bridgehead atoms. The van der Waals surface area contributed by atoms with E-state index in [1.807, 2.05) is 0 Å². The molecule has 1 fully saturated rings. The Morgan fingerprint density at radius 3 is 2.39 bits per heavy atom. The number of thiazole rings is 1. The van der Waals surface area contributed by atoms with Gasteiger partial charge in [0.2, 0.25) is 15.9 Å². The number of carbonyl (C=O) groups excluding carboxylic acids is 2. The summed E-state index contributed by atoms with van der Waals surface area (Å²) < 4.78 is 28.3. The third kappa shape index (κ3) is 5.23. The molecule has 2 amide bonds. The molecule has 0 atom stereocenters. The van der Waals surface area contributed by atoms with Gasteiger partial charge in [-0.05, 0) is 55.3 Å². The molecule has 0 saturated heterocycles. The second-order valence-electron chi connectivity index (χ2n) is 8.17. The molecule has 8 nitrogen and oxygen atoms in total. The summed E-state index contributed by atoms with van der Waals surface area (Å²) in [4.78, 5) is 28.5. The Morgan fingerprint density at radius 2 is 1.73 bits per heavy atom. The van der Waals surface area contributed by atoms with Crippen LogP contribution < -0.4 is 10.6 Å². The zero-order valence-electron chi connectivity index (χ0n) is 18.5. The van der Waals surface area contributed by atoms with Crippen LogP contribution in [0.1, 0.15) is 49.4 Å². The van der Waals surface area contributed by atoms with Crippen molar-refractivity contribution in [2.24, 2.45) is 0 Å². The monoisotopic (exact) mass is 486 g/mol. The summed E-state index contributed by atoms with van der Waals surface area (Å²) in [5.41, 5.74) is 1.70. The molecule has 2 N–H and O–H groups in total. The summed E-state index contributed by atoms with van der Waals surface area (Å²) in [5, 5.41) is 5.90. The van der Waals surface area contributed by atoms with Crippen LogP contribution in [0.3, 0.4) is 0 Å². The average molecular weight is 487 g/mol. The Kier molecular flexibility index (Phi) is 6.78. The maximum atomic E-state index is 13.0. The molecule has 174 valence electrons. The van der Waals surface area contributed by atoms with Crippen LogP contribution in [0.25, 0.3) is 10.2 Å². The number of nitrogens with zero attached hydrogens (tertiary/aromatic N) is 2. The zero-order valence-corrected chi connectivity index (χ0v) is 20.1. The van der Waals surface area contributed by atoms with Gasteiger partial charge >= 0.3 is 0 Å². The maximum Gasteiger partial charge on any atom is 0.257 e. The van der Waals surface area contributed by atoms with E-state index in [0.29, 0.717) is 21.9 Å².